The summed E-state index contributed by atoms with van der Waals surface area (Å²) in [4.78, 5) is 21.6. The highest BCUT2D eigenvalue weighted by molar-refractivity contribution is 5.89. The van der Waals surface area contributed by atoms with Crippen molar-refractivity contribution in [1.29, 1.82) is 0 Å². The van der Waals surface area contributed by atoms with E-state index in [2.05, 4.69) is 4.74 Å². The van der Waals surface area contributed by atoms with Gasteiger partial charge in [-0.1, -0.05) is 12.1 Å². The van der Waals surface area contributed by atoms with E-state index >= 15 is 0 Å². The first kappa shape index (κ1) is 13.5. The van der Waals surface area contributed by atoms with Crippen LogP contribution in [0.3, 0.4) is 0 Å². The van der Waals surface area contributed by atoms with E-state index in [4.69, 9.17) is 4.74 Å². The number of esters is 1. The highest BCUT2D eigenvalue weighted by Gasteiger charge is 2.14. The van der Waals surface area contributed by atoms with Crippen molar-refractivity contribution in [3.05, 3.63) is 64.2 Å². The third-order valence-corrected chi connectivity index (χ3v) is 2.57. The molecule has 20 heavy (non-hydrogen) atoms. The Hall–Kier alpha value is -2.89. The molecule has 102 valence electrons. The summed E-state index contributed by atoms with van der Waals surface area (Å²) in [6, 6.07) is 12.2. The maximum atomic E-state index is 11.3. The van der Waals surface area contributed by atoms with Crippen LogP contribution in [0.2, 0.25) is 0 Å². The summed E-state index contributed by atoms with van der Waals surface area (Å²) in [7, 11) is 1.29. The zero-order chi connectivity index (χ0) is 14.5. The average Bonchev–Trinajstić information content (AvgIpc) is 2.47. The van der Waals surface area contributed by atoms with E-state index in [0.29, 0.717) is 11.3 Å². The van der Waals surface area contributed by atoms with Crippen molar-refractivity contribution in [3.8, 4) is 11.5 Å². The number of nitro benzene ring substituents is 1. The zero-order valence-electron chi connectivity index (χ0n) is 10.6. The van der Waals surface area contributed by atoms with E-state index in [1.165, 1.54) is 31.4 Å². The number of rotatable bonds is 4. The summed E-state index contributed by atoms with van der Waals surface area (Å²) in [6.45, 7) is 0. The second kappa shape index (κ2) is 5.83. The number of ether oxygens (including phenoxy) is 2. The van der Waals surface area contributed by atoms with Gasteiger partial charge < -0.3 is 9.47 Å². The average molecular weight is 273 g/mol. The molecule has 0 spiro atoms. The molecule has 0 heterocycles. The number of carbonyl (C=O) groups excluding carboxylic acids is 1. The van der Waals surface area contributed by atoms with Gasteiger partial charge in [0.05, 0.1) is 17.6 Å². The largest absolute Gasteiger partial charge is 0.465 e. The lowest BCUT2D eigenvalue weighted by atomic mass is 10.2. The quantitative estimate of drug-likeness (QED) is 0.485. The van der Waals surface area contributed by atoms with Crippen LogP contribution >= 0.6 is 0 Å². The fourth-order valence-electron chi connectivity index (χ4n) is 1.60. The molecule has 0 radical (unpaired) electrons. The van der Waals surface area contributed by atoms with Gasteiger partial charge in [0.15, 0.2) is 0 Å². The van der Waals surface area contributed by atoms with Crippen LogP contribution in [0.5, 0.6) is 11.5 Å². The highest BCUT2D eigenvalue weighted by atomic mass is 16.6. The molecule has 0 aliphatic rings. The van der Waals surface area contributed by atoms with Crippen LogP contribution in [0.1, 0.15) is 10.4 Å². The summed E-state index contributed by atoms with van der Waals surface area (Å²) in [5.41, 5.74) is 0.256. The fraction of sp³-hybridized carbons (Fsp3) is 0.0714. The van der Waals surface area contributed by atoms with Crippen molar-refractivity contribution in [2.45, 2.75) is 0 Å². The lowest BCUT2D eigenvalue weighted by molar-refractivity contribution is -0.385. The van der Waals surface area contributed by atoms with Crippen molar-refractivity contribution in [2.75, 3.05) is 7.11 Å². The lowest BCUT2D eigenvalue weighted by Crippen LogP contribution is -2.00. The monoisotopic (exact) mass is 273 g/mol. The molecule has 0 atom stereocenters. The Kier molecular flexibility index (Phi) is 3.95. The first-order chi connectivity index (χ1) is 9.61. The topological polar surface area (TPSA) is 78.7 Å². The van der Waals surface area contributed by atoms with E-state index in [1.807, 2.05) is 0 Å². The van der Waals surface area contributed by atoms with E-state index < -0.39 is 10.9 Å². The molecule has 0 aliphatic heterocycles. The molecule has 0 bridgehead atoms. The summed E-state index contributed by atoms with van der Waals surface area (Å²) >= 11 is 0. The van der Waals surface area contributed by atoms with Crippen LogP contribution in [0, 0.1) is 10.1 Å². The van der Waals surface area contributed by atoms with Gasteiger partial charge in [0.25, 0.3) is 0 Å². The predicted molar refractivity (Wildman–Crippen MR) is 71.0 cm³/mol. The van der Waals surface area contributed by atoms with Crippen LogP contribution in [0.4, 0.5) is 5.69 Å². The Bertz CT molecular complexity index is 636. The summed E-state index contributed by atoms with van der Waals surface area (Å²) < 4.78 is 10.0. The molecule has 0 aliphatic carbocycles. The number of benzene rings is 2. The van der Waals surface area contributed by atoms with Gasteiger partial charge in [-0.3, -0.25) is 10.1 Å². The minimum Gasteiger partial charge on any atom is -0.465 e. The Morgan fingerprint density at radius 2 is 1.75 bits per heavy atom. The summed E-state index contributed by atoms with van der Waals surface area (Å²) in [6.07, 6.45) is 0. The number of carbonyl (C=O) groups is 1. The van der Waals surface area contributed by atoms with Crippen LogP contribution in [-0.2, 0) is 4.74 Å². The Balaban J connectivity index is 2.23. The molecular formula is C14H11NO5. The van der Waals surface area contributed by atoms with E-state index in [1.54, 1.807) is 24.3 Å². The van der Waals surface area contributed by atoms with Gasteiger partial charge in [0, 0.05) is 6.07 Å². The molecular weight excluding hydrogens is 262 g/mol. The van der Waals surface area contributed by atoms with Crippen LogP contribution in [-0.4, -0.2) is 18.0 Å². The van der Waals surface area contributed by atoms with Crippen molar-refractivity contribution in [2.24, 2.45) is 0 Å². The van der Waals surface area contributed by atoms with Gasteiger partial charge in [-0.25, -0.2) is 4.79 Å². The molecule has 6 nitrogen and oxygen atoms in total. The summed E-state index contributed by atoms with van der Waals surface area (Å²) in [5.74, 6) is 0.0810. The normalized spacial score (nSPS) is 9.85. The maximum absolute atomic E-state index is 11.3. The molecule has 2 rings (SSSR count). The molecule has 0 N–H and O–H groups in total. The molecule has 2 aromatic rings. The smallest absolute Gasteiger partial charge is 0.337 e. The van der Waals surface area contributed by atoms with E-state index in [9.17, 15) is 14.9 Å². The minimum absolute atomic E-state index is 0.121. The number of nitro groups is 1. The minimum atomic E-state index is -0.516. The molecule has 2 aromatic carbocycles. The molecule has 0 aromatic heterocycles. The van der Waals surface area contributed by atoms with Crippen molar-refractivity contribution in [3.63, 3.8) is 0 Å². The maximum Gasteiger partial charge on any atom is 0.337 e. The van der Waals surface area contributed by atoms with E-state index in [-0.39, 0.29) is 11.4 Å². The van der Waals surface area contributed by atoms with Crippen LogP contribution in [0.25, 0.3) is 0 Å². The third-order valence-electron chi connectivity index (χ3n) is 2.57. The molecule has 6 heteroatoms. The Morgan fingerprint density at radius 1 is 1.10 bits per heavy atom. The van der Waals surface area contributed by atoms with Gasteiger partial charge in [0.2, 0.25) is 5.75 Å². The predicted octanol–water partition coefficient (Wildman–Crippen LogP) is 3.17. The van der Waals surface area contributed by atoms with Crippen LogP contribution < -0.4 is 4.74 Å². The fourth-order valence-corrected chi connectivity index (χ4v) is 1.60. The molecule has 0 saturated carbocycles. The molecule has 0 unspecified atom stereocenters. The number of methoxy groups -OCH3 is 1. The van der Waals surface area contributed by atoms with Crippen LogP contribution in [0.15, 0.2) is 48.5 Å². The SMILES string of the molecule is COC(=O)c1ccc(Oc2ccccc2[N+](=O)[O-])cc1. The number of nitrogens with zero attached hydrogens (tertiary/aromatic N) is 1. The lowest BCUT2D eigenvalue weighted by Gasteiger charge is -2.06. The number of hydrogen-bond donors (Lipinski definition) is 0. The van der Waals surface area contributed by atoms with Gasteiger partial charge in [-0.15, -0.1) is 0 Å². The van der Waals surface area contributed by atoms with Crippen molar-refractivity contribution in [1.82, 2.24) is 0 Å². The second-order valence-corrected chi connectivity index (χ2v) is 3.84. The van der Waals surface area contributed by atoms with Crippen molar-refractivity contribution < 1.29 is 19.2 Å². The van der Waals surface area contributed by atoms with Gasteiger partial charge in [0.1, 0.15) is 5.75 Å². The Morgan fingerprint density at radius 3 is 2.35 bits per heavy atom. The number of para-hydroxylation sites is 2. The first-order valence-corrected chi connectivity index (χ1v) is 5.71. The van der Waals surface area contributed by atoms with Gasteiger partial charge in [-0.05, 0) is 30.3 Å². The van der Waals surface area contributed by atoms with Crippen molar-refractivity contribution >= 4 is 11.7 Å². The standard InChI is InChI=1S/C14H11NO5/c1-19-14(16)10-6-8-11(9-7-10)20-13-5-3-2-4-12(13)15(17)18/h2-9H,1H3. The van der Waals surface area contributed by atoms with E-state index in [0.717, 1.165) is 0 Å². The molecule has 0 saturated heterocycles. The zero-order valence-corrected chi connectivity index (χ0v) is 10.6. The third kappa shape index (κ3) is 2.92. The Labute approximate surface area is 114 Å². The second-order valence-electron chi connectivity index (χ2n) is 3.84. The van der Waals surface area contributed by atoms with Gasteiger partial charge in [-0.2, -0.15) is 0 Å². The molecule has 0 fully saturated rings. The summed E-state index contributed by atoms with van der Waals surface area (Å²) in [5, 5.41) is 10.9. The number of hydrogen-bond acceptors (Lipinski definition) is 5. The van der Waals surface area contributed by atoms with Gasteiger partial charge >= 0.3 is 11.7 Å². The highest BCUT2D eigenvalue weighted by Crippen LogP contribution is 2.30. The molecule has 0 amide bonds. The first-order valence-electron chi connectivity index (χ1n) is 5.71.